The van der Waals surface area contributed by atoms with E-state index in [9.17, 15) is 0 Å². The smallest absolute Gasteiger partial charge is 0.0255 e. The third kappa shape index (κ3) is 3.56. The van der Waals surface area contributed by atoms with Gasteiger partial charge in [0, 0.05) is 11.1 Å². The molecule has 0 saturated heterocycles. The molecule has 0 spiro atoms. The van der Waals surface area contributed by atoms with Crippen molar-refractivity contribution in [2.75, 3.05) is 0 Å². The first kappa shape index (κ1) is 11.1. The Bertz CT molecular complexity index is 596. The highest BCUT2D eigenvalue weighted by molar-refractivity contribution is 5.44. The van der Waals surface area contributed by atoms with E-state index in [1.165, 1.54) is 5.56 Å². The Morgan fingerprint density at radius 1 is 0.647 bits per heavy atom. The van der Waals surface area contributed by atoms with Crippen molar-refractivity contribution in [2.24, 2.45) is 0 Å². The summed E-state index contributed by atoms with van der Waals surface area (Å²) in [6, 6.07) is 18.0. The Morgan fingerprint density at radius 3 is 1.76 bits per heavy atom. The van der Waals surface area contributed by atoms with E-state index in [0.717, 1.165) is 11.1 Å². The minimum Gasteiger partial charge on any atom is -0.0622 e. The number of rotatable bonds is 0. The highest BCUT2D eigenvalue weighted by Gasteiger charge is 1.84. The molecule has 0 bridgehead atoms. The third-order valence-electron chi connectivity index (χ3n) is 2.30. The van der Waals surface area contributed by atoms with Crippen LogP contribution in [0.3, 0.4) is 0 Å². The summed E-state index contributed by atoms with van der Waals surface area (Å²) in [5.41, 5.74) is 3.23. The summed E-state index contributed by atoms with van der Waals surface area (Å²) in [4.78, 5) is 0. The monoisotopic (exact) mass is 217 g/mol. The summed E-state index contributed by atoms with van der Waals surface area (Å²) in [5.74, 6) is 11.7. The van der Waals surface area contributed by atoms with Crippen LogP contribution in [-0.2, 0) is 0 Å². The predicted octanol–water partition coefficient (Wildman–Crippen LogP) is 3.40. The van der Waals surface area contributed by atoms with Gasteiger partial charge in [0.25, 0.3) is 0 Å². The molecule has 17 heavy (non-hydrogen) atoms. The van der Waals surface area contributed by atoms with Gasteiger partial charge in [-0.05, 0) is 43.0 Å². The number of aryl methyl sites for hydroxylation is 1. The van der Waals surface area contributed by atoms with Crippen molar-refractivity contribution in [1.82, 2.24) is 0 Å². The van der Waals surface area contributed by atoms with Gasteiger partial charge < -0.3 is 0 Å². The quantitative estimate of drug-likeness (QED) is 0.468. The lowest BCUT2D eigenvalue weighted by molar-refractivity contribution is 1.46. The Hall–Kier alpha value is -2.44. The van der Waals surface area contributed by atoms with Crippen LogP contribution in [0.15, 0.2) is 54.6 Å². The van der Waals surface area contributed by atoms with Crippen molar-refractivity contribution >= 4 is 0 Å². The van der Waals surface area contributed by atoms with Crippen molar-refractivity contribution in [1.29, 1.82) is 0 Å². The van der Waals surface area contributed by atoms with Gasteiger partial charge in [-0.25, -0.2) is 0 Å². The molecule has 0 heterocycles. The zero-order valence-electron chi connectivity index (χ0n) is 9.70. The highest BCUT2D eigenvalue weighted by atomic mass is 14.0. The first-order chi connectivity index (χ1) is 8.34. The van der Waals surface area contributed by atoms with Crippen LogP contribution in [0.2, 0.25) is 0 Å². The molecule has 0 aliphatic carbocycles. The Morgan fingerprint density at radius 2 is 1.18 bits per heavy atom. The van der Waals surface area contributed by atoms with E-state index >= 15 is 0 Å². The van der Waals surface area contributed by atoms with Gasteiger partial charge in [-0.3, -0.25) is 0 Å². The summed E-state index contributed by atoms with van der Waals surface area (Å²) in [7, 11) is 0. The molecule has 0 aliphatic heterocycles. The fourth-order valence-corrected chi connectivity index (χ4v) is 1.37. The lowest BCUT2D eigenvalue weighted by atomic mass is 10.2. The van der Waals surface area contributed by atoms with Crippen LogP contribution < -0.4 is 0 Å². The van der Waals surface area contributed by atoms with E-state index in [1.807, 2.05) is 42.5 Å². The van der Waals surface area contributed by atoms with Crippen LogP contribution in [0, 0.1) is 30.6 Å². The van der Waals surface area contributed by atoms with Gasteiger partial charge in [0.05, 0.1) is 0 Å². The van der Waals surface area contributed by atoms with Crippen molar-refractivity contribution in [3.05, 3.63) is 71.3 Å². The second-order valence-corrected chi connectivity index (χ2v) is 3.73. The first-order valence-corrected chi connectivity index (χ1v) is 5.48. The summed E-state index contributed by atoms with van der Waals surface area (Å²) in [6.07, 6.45) is 0. The molecular formula is C17H12. The minimum atomic E-state index is 0.991. The van der Waals surface area contributed by atoms with E-state index in [-0.39, 0.29) is 0 Å². The van der Waals surface area contributed by atoms with E-state index in [2.05, 4.69) is 42.7 Å². The van der Waals surface area contributed by atoms with E-state index in [4.69, 9.17) is 0 Å². The molecular weight excluding hydrogens is 205 g/mol. The Labute approximate surface area is 102 Å². The summed E-state index contributed by atoms with van der Waals surface area (Å²) >= 11 is 0. The summed E-state index contributed by atoms with van der Waals surface area (Å²) in [5, 5.41) is 0. The van der Waals surface area contributed by atoms with Crippen molar-refractivity contribution < 1.29 is 0 Å². The number of hydrogen-bond donors (Lipinski definition) is 0. The lowest BCUT2D eigenvalue weighted by Crippen LogP contribution is -1.74. The van der Waals surface area contributed by atoms with Crippen LogP contribution in [0.25, 0.3) is 0 Å². The van der Waals surface area contributed by atoms with Gasteiger partial charge in [0.15, 0.2) is 0 Å². The molecule has 0 atom stereocenters. The SMILES string of the molecule is Cc1ccc(C#[13C]C#Cc2ccccc2)cc1. The number of benzene rings is 2. The van der Waals surface area contributed by atoms with Gasteiger partial charge in [-0.1, -0.05) is 47.7 Å². The molecule has 0 amide bonds. The van der Waals surface area contributed by atoms with Gasteiger partial charge >= 0.3 is 0 Å². The van der Waals surface area contributed by atoms with Crippen LogP contribution in [0.5, 0.6) is 0 Å². The molecule has 2 aromatic carbocycles. The lowest BCUT2D eigenvalue weighted by Gasteiger charge is -1.90. The molecule has 0 unspecified atom stereocenters. The van der Waals surface area contributed by atoms with Crippen molar-refractivity contribution in [2.45, 2.75) is 6.92 Å². The van der Waals surface area contributed by atoms with Crippen LogP contribution >= 0.6 is 0 Å². The second-order valence-electron chi connectivity index (χ2n) is 3.73. The summed E-state index contributed by atoms with van der Waals surface area (Å²) < 4.78 is 0. The van der Waals surface area contributed by atoms with Crippen LogP contribution in [-0.4, -0.2) is 0 Å². The van der Waals surface area contributed by atoms with E-state index in [1.54, 1.807) is 0 Å². The van der Waals surface area contributed by atoms with Crippen LogP contribution in [0.4, 0.5) is 0 Å². The fourth-order valence-electron chi connectivity index (χ4n) is 1.37. The largest absolute Gasteiger partial charge is 0.0622 e. The molecule has 0 aromatic heterocycles. The average Bonchev–Trinajstić information content (AvgIpc) is 2.38. The average molecular weight is 217 g/mol. The zero-order valence-corrected chi connectivity index (χ0v) is 9.70. The van der Waals surface area contributed by atoms with Crippen molar-refractivity contribution in [3.63, 3.8) is 0 Å². The van der Waals surface area contributed by atoms with E-state index in [0.29, 0.717) is 0 Å². The molecule has 0 heteroatoms. The first-order valence-electron chi connectivity index (χ1n) is 5.48. The molecule has 0 nitrogen and oxygen atoms in total. The standard InChI is InChI=1S/C17H12/c1-15-11-13-17(14-12-15)10-6-5-9-16-7-3-2-4-8-16/h2-4,7-8,11-14H,1H3/i6+1. The topological polar surface area (TPSA) is 0 Å². The van der Waals surface area contributed by atoms with Crippen molar-refractivity contribution in [3.8, 4) is 23.7 Å². The van der Waals surface area contributed by atoms with Gasteiger partial charge in [-0.15, -0.1) is 0 Å². The maximum absolute atomic E-state index is 3.02. The maximum Gasteiger partial charge on any atom is 0.0255 e. The van der Waals surface area contributed by atoms with Gasteiger partial charge in [0.2, 0.25) is 0 Å². The molecule has 0 radical (unpaired) electrons. The van der Waals surface area contributed by atoms with Gasteiger partial charge in [0.1, 0.15) is 0 Å². The predicted molar refractivity (Wildman–Crippen MR) is 71.4 cm³/mol. The molecule has 0 saturated carbocycles. The molecule has 0 N–H and O–H groups in total. The second kappa shape index (κ2) is 5.59. The minimum absolute atomic E-state index is 0.991. The third-order valence-corrected chi connectivity index (χ3v) is 2.30. The van der Waals surface area contributed by atoms with Crippen LogP contribution in [0.1, 0.15) is 16.7 Å². The highest BCUT2D eigenvalue weighted by Crippen LogP contribution is 2.00. The Kier molecular flexibility index (Phi) is 3.64. The normalized spacial score (nSPS) is 8.53. The zero-order chi connectivity index (χ0) is 11.9. The molecule has 0 aliphatic rings. The number of hydrogen-bond acceptors (Lipinski definition) is 0. The molecule has 2 aromatic rings. The molecule has 80 valence electrons. The molecule has 0 fully saturated rings. The molecule has 2 rings (SSSR count). The summed E-state index contributed by atoms with van der Waals surface area (Å²) in [6.45, 7) is 2.06. The fraction of sp³-hybridized carbons (Fsp3) is 0.0588. The van der Waals surface area contributed by atoms with E-state index < -0.39 is 0 Å². The van der Waals surface area contributed by atoms with Gasteiger partial charge in [-0.2, -0.15) is 0 Å². The maximum atomic E-state index is 3.02. The Balaban J connectivity index is 2.09.